The van der Waals surface area contributed by atoms with E-state index in [2.05, 4.69) is 39.9 Å². The largest absolute Gasteiger partial charge is 0.464 e. The zero-order chi connectivity index (χ0) is 27.3. The van der Waals surface area contributed by atoms with Crippen molar-refractivity contribution >= 4 is 46.7 Å². The summed E-state index contributed by atoms with van der Waals surface area (Å²) in [6.07, 6.45) is 4.88. The summed E-state index contributed by atoms with van der Waals surface area (Å²) >= 11 is 11.3. The van der Waals surface area contributed by atoms with Gasteiger partial charge in [-0.15, -0.1) is 0 Å². The van der Waals surface area contributed by atoms with Crippen molar-refractivity contribution in [2.45, 2.75) is 28.2 Å². The van der Waals surface area contributed by atoms with Crippen molar-refractivity contribution in [3.8, 4) is 5.82 Å². The van der Waals surface area contributed by atoms with Gasteiger partial charge in [0, 0.05) is 24.0 Å². The Morgan fingerprint density at radius 1 is 1.00 bits per heavy atom. The van der Waals surface area contributed by atoms with Crippen molar-refractivity contribution in [2.24, 2.45) is 5.84 Å². The molecule has 0 fully saturated rings. The van der Waals surface area contributed by atoms with Crippen molar-refractivity contribution in [2.75, 3.05) is 19.6 Å². The highest BCUT2D eigenvalue weighted by Crippen LogP contribution is 2.13. The third-order valence-corrected chi connectivity index (χ3v) is 4.11. The number of carbonyl (C=O) groups excluding carboxylic acids is 3. The van der Waals surface area contributed by atoms with Crippen molar-refractivity contribution in [1.82, 2.24) is 29.7 Å². The SMILES string of the molecule is C.C/C=C/C(C)=O.COC(=O)c1cc(-n2nccc2C)nc(Cl)n1.COC(=O)c1cc(NN)nc(Cl)n1. The average molecular weight is 555 g/mol. The third-order valence-electron chi connectivity index (χ3n) is 3.77. The first-order chi connectivity index (χ1) is 17.1. The number of aryl methyl sites for hydroxylation is 1. The molecule has 3 rings (SSSR count). The van der Waals surface area contributed by atoms with E-state index < -0.39 is 11.9 Å². The van der Waals surface area contributed by atoms with E-state index in [9.17, 15) is 14.4 Å². The minimum Gasteiger partial charge on any atom is -0.464 e. The summed E-state index contributed by atoms with van der Waals surface area (Å²) in [5.41, 5.74) is 3.26. The molecule has 13 nitrogen and oxygen atoms in total. The van der Waals surface area contributed by atoms with Crippen LogP contribution < -0.4 is 11.3 Å². The van der Waals surface area contributed by atoms with Crippen LogP contribution in [0, 0.1) is 6.92 Å². The van der Waals surface area contributed by atoms with E-state index in [0.29, 0.717) is 5.82 Å². The maximum absolute atomic E-state index is 11.4. The van der Waals surface area contributed by atoms with Crippen LogP contribution in [0.15, 0.2) is 36.5 Å². The van der Waals surface area contributed by atoms with Crippen LogP contribution in [-0.4, -0.2) is 61.7 Å². The van der Waals surface area contributed by atoms with Crippen molar-refractivity contribution in [3.63, 3.8) is 0 Å². The van der Waals surface area contributed by atoms with Crippen LogP contribution in [-0.2, 0) is 14.3 Å². The summed E-state index contributed by atoms with van der Waals surface area (Å²) in [5, 5.41) is 3.97. The van der Waals surface area contributed by atoms with Gasteiger partial charge in [-0.1, -0.05) is 13.5 Å². The number of ether oxygens (including phenoxy) is 2. The summed E-state index contributed by atoms with van der Waals surface area (Å²) in [5.74, 6) is 4.70. The predicted octanol–water partition coefficient (Wildman–Crippen LogP) is 3.40. The number of hydrazine groups is 1. The van der Waals surface area contributed by atoms with Gasteiger partial charge in [0.05, 0.1) is 14.2 Å². The molecule has 0 aromatic carbocycles. The Morgan fingerprint density at radius 2 is 1.54 bits per heavy atom. The molecule has 0 spiro atoms. The lowest BCUT2D eigenvalue weighted by atomic mass is 10.4. The molecule has 200 valence electrons. The van der Waals surface area contributed by atoms with Gasteiger partial charge < -0.3 is 14.9 Å². The standard InChI is InChI=1S/C10H9ClN4O2.C6H7ClN4O2.C5H8O.CH4/c1-6-3-4-12-15(6)8-5-7(9(16)17-2)13-10(11)14-8;1-13-5(12)3-2-4(11-8)10-6(7)9-3;1-3-4-5(2)6;/h3-5H,1-2H3;2H,8H2,1H3,(H,9,10,11);3-4H,1-2H3;1H4/b;;4-3+;. The second-order valence-corrected chi connectivity index (χ2v) is 7.09. The third kappa shape index (κ3) is 11.1. The number of esters is 2. The smallest absolute Gasteiger partial charge is 0.356 e. The number of hydrogen-bond acceptors (Lipinski definition) is 12. The van der Waals surface area contributed by atoms with Crippen LogP contribution in [0.4, 0.5) is 5.82 Å². The van der Waals surface area contributed by atoms with E-state index >= 15 is 0 Å². The fraction of sp³-hybridized carbons (Fsp3) is 0.273. The van der Waals surface area contributed by atoms with Gasteiger partial charge in [-0.05, 0) is 56.1 Å². The molecule has 0 aliphatic carbocycles. The van der Waals surface area contributed by atoms with Crippen molar-refractivity contribution in [1.29, 1.82) is 0 Å². The Morgan fingerprint density at radius 3 is 1.95 bits per heavy atom. The lowest BCUT2D eigenvalue weighted by Crippen LogP contribution is -2.12. The van der Waals surface area contributed by atoms with Crippen molar-refractivity contribution in [3.05, 3.63) is 64.2 Å². The van der Waals surface area contributed by atoms with Crippen LogP contribution >= 0.6 is 23.2 Å². The Hall–Kier alpha value is -3.94. The second kappa shape index (κ2) is 16.7. The van der Waals surface area contributed by atoms with Gasteiger partial charge in [0.25, 0.3) is 0 Å². The normalized spacial score (nSPS) is 9.62. The first-order valence-corrected chi connectivity index (χ1v) is 10.7. The molecule has 0 radical (unpaired) electrons. The fourth-order valence-corrected chi connectivity index (χ4v) is 2.63. The molecule has 0 unspecified atom stereocenters. The number of nitrogens with two attached hydrogens (primary N) is 1. The number of aromatic nitrogens is 6. The molecule has 0 atom stereocenters. The number of carbonyl (C=O) groups is 3. The first kappa shape index (κ1) is 33.1. The zero-order valence-electron chi connectivity index (χ0n) is 20.0. The van der Waals surface area contributed by atoms with Gasteiger partial charge in [-0.2, -0.15) is 15.1 Å². The summed E-state index contributed by atoms with van der Waals surface area (Å²) in [7, 11) is 2.52. The van der Waals surface area contributed by atoms with E-state index in [1.807, 2.05) is 19.9 Å². The number of nitrogens with zero attached hydrogens (tertiary/aromatic N) is 6. The zero-order valence-corrected chi connectivity index (χ0v) is 21.5. The molecular formula is C22H28Cl2N8O5. The molecule has 0 aliphatic rings. The highest BCUT2D eigenvalue weighted by molar-refractivity contribution is 6.28. The van der Waals surface area contributed by atoms with Gasteiger partial charge in [-0.3, -0.25) is 4.79 Å². The van der Waals surface area contributed by atoms with Gasteiger partial charge >= 0.3 is 11.9 Å². The highest BCUT2D eigenvalue weighted by atomic mass is 35.5. The van der Waals surface area contributed by atoms with E-state index in [0.717, 1.165) is 5.69 Å². The molecule has 0 saturated heterocycles. The molecule has 3 aromatic rings. The molecule has 15 heteroatoms. The maximum atomic E-state index is 11.4. The minimum atomic E-state index is -0.596. The van der Waals surface area contributed by atoms with Gasteiger partial charge in [0.1, 0.15) is 5.82 Å². The molecule has 3 N–H and O–H groups in total. The lowest BCUT2D eigenvalue weighted by Gasteiger charge is -2.05. The summed E-state index contributed by atoms with van der Waals surface area (Å²) in [4.78, 5) is 47.4. The Balaban J connectivity index is 0.000000577. The minimum absolute atomic E-state index is 0. The first-order valence-electron chi connectivity index (χ1n) is 9.92. The second-order valence-electron chi connectivity index (χ2n) is 6.41. The average Bonchev–Trinajstić information content (AvgIpc) is 3.28. The molecule has 0 bridgehead atoms. The monoisotopic (exact) mass is 554 g/mol. The summed E-state index contributed by atoms with van der Waals surface area (Å²) in [6, 6.07) is 4.61. The van der Waals surface area contributed by atoms with Crippen LogP contribution in [0.5, 0.6) is 0 Å². The lowest BCUT2D eigenvalue weighted by molar-refractivity contribution is -0.112. The number of nitrogens with one attached hydrogen (secondary N) is 1. The fourth-order valence-electron chi connectivity index (χ4n) is 2.27. The van der Waals surface area contributed by atoms with E-state index in [1.54, 1.807) is 17.0 Å². The van der Waals surface area contributed by atoms with Crippen LogP contribution in [0.1, 0.15) is 47.9 Å². The number of ketones is 1. The number of rotatable bonds is 5. The number of methoxy groups -OCH3 is 2. The van der Waals surface area contributed by atoms with E-state index in [-0.39, 0.29) is 41.0 Å². The van der Waals surface area contributed by atoms with E-state index in [1.165, 1.54) is 39.4 Å². The van der Waals surface area contributed by atoms with Crippen LogP contribution in [0.2, 0.25) is 10.6 Å². The number of halogens is 2. The Kier molecular flexibility index (Phi) is 14.9. The van der Waals surface area contributed by atoms with Gasteiger partial charge in [0.15, 0.2) is 23.0 Å². The summed E-state index contributed by atoms with van der Waals surface area (Å²) in [6.45, 7) is 5.21. The molecular weight excluding hydrogens is 527 g/mol. The van der Waals surface area contributed by atoms with Gasteiger partial charge in [0.2, 0.25) is 10.6 Å². The quantitative estimate of drug-likeness (QED) is 0.154. The van der Waals surface area contributed by atoms with E-state index in [4.69, 9.17) is 29.0 Å². The molecule has 37 heavy (non-hydrogen) atoms. The number of hydrogen-bond donors (Lipinski definition) is 2. The van der Waals surface area contributed by atoms with Crippen LogP contribution in [0.3, 0.4) is 0 Å². The number of nitrogen functional groups attached to an aromatic ring is 1. The van der Waals surface area contributed by atoms with Crippen molar-refractivity contribution < 1.29 is 23.9 Å². The highest BCUT2D eigenvalue weighted by Gasteiger charge is 2.13. The maximum Gasteiger partial charge on any atom is 0.356 e. The number of allylic oxidation sites excluding steroid dienone is 2. The predicted molar refractivity (Wildman–Crippen MR) is 139 cm³/mol. The molecule has 3 aromatic heterocycles. The molecule has 0 amide bonds. The number of anilines is 1. The summed E-state index contributed by atoms with van der Waals surface area (Å²) < 4.78 is 10.6. The molecule has 3 heterocycles. The van der Waals surface area contributed by atoms with Gasteiger partial charge in [-0.25, -0.2) is 30.1 Å². The molecule has 0 saturated carbocycles. The molecule has 0 aliphatic heterocycles. The Bertz CT molecular complexity index is 1230. The van der Waals surface area contributed by atoms with Crippen LogP contribution in [0.25, 0.3) is 5.82 Å². The topological polar surface area (TPSA) is 177 Å². The Labute approximate surface area is 224 Å².